The van der Waals surface area contributed by atoms with Crippen molar-refractivity contribution in [3.8, 4) is 11.5 Å². The average Bonchev–Trinajstić information content (AvgIpc) is 2.50. The van der Waals surface area contributed by atoms with Gasteiger partial charge in [-0.25, -0.2) is 0 Å². The second kappa shape index (κ2) is 5.80. The van der Waals surface area contributed by atoms with Crippen LogP contribution < -0.4 is 0 Å². The van der Waals surface area contributed by atoms with Gasteiger partial charge in [-0.15, -0.1) is 0 Å². The molecule has 3 rings (SSSR count). The van der Waals surface area contributed by atoms with Gasteiger partial charge in [-0.2, -0.15) is 0 Å². The molecule has 0 amide bonds. The molecule has 0 spiro atoms. The zero-order valence-corrected chi connectivity index (χ0v) is 12.4. The van der Waals surface area contributed by atoms with Crippen LogP contribution >= 0.6 is 0 Å². The summed E-state index contributed by atoms with van der Waals surface area (Å²) in [5.41, 5.74) is 2.65. The van der Waals surface area contributed by atoms with Gasteiger partial charge in [0.2, 0.25) is 0 Å². The molecule has 3 atom stereocenters. The Kier molecular flexibility index (Phi) is 3.87. The van der Waals surface area contributed by atoms with Gasteiger partial charge in [-0.05, 0) is 72.4 Å². The van der Waals surface area contributed by atoms with Crippen LogP contribution in [0.4, 0.5) is 0 Å². The van der Waals surface area contributed by atoms with E-state index in [1.807, 2.05) is 12.1 Å². The monoisotopic (exact) mass is 282 g/mol. The standard InChI is InChI=1S/C19H22O2/c1-13-2-3-16(14-4-8-17(20)9-5-14)12-19(13)15-6-10-18(21)11-7-15/h4-11,13,16,19-21H,2-3,12H2,1H3. The Labute approximate surface area is 126 Å². The molecule has 1 aliphatic rings. The van der Waals surface area contributed by atoms with Crippen LogP contribution in [-0.4, -0.2) is 10.2 Å². The molecule has 2 N–H and O–H groups in total. The summed E-state index contributed by atoms with van der Waals surface area (Å²) in [4.78, 5) is 0. The van der Waals surface area contributed by atoms with Gasteiger partial charge in [-0.3, -0.25) is 0 Å². The van der Waals surface area contributed by atoms with E-state index in [4.69, 9.17) is 0 Å². The van der Waals surface area contributed by atoms with Crippen molar-refractivity contribution in [1.82, 2.24) is 0 Å². The highest BCUT2D eigenvalue weighted by atomic mass is 16.3. The Bertz CT molecular complexity index is 586. The van der Waals surface area contributed by atoms with Crippen molar-refractivity contribution in [3.05, 3.63) is 59.7 Å². The first-order chi connectivity index (χ1) is 10.1. The van der Waals surface area contributed by atoms with E-state index in [9.17, 15) is 10.2 Å². The van der Waals surface area contributed by atoms with E-state index in [-0.39, 0.29) is 0 Å². The summed E-state index contributed by atoms with van der Waals surface area (Å²) in [5, 5.41) is 18.9. The Balaban J connectivity index is 1.81. The van der Waals surface area contributed by atoms with Crippen LogP contribution in [0.2, 0.25) is 0 Å². The predicted molar refractivity (Wildman–Crippen MR) is 84.7 cm³/mol. The molecule has 110 valence electrons. The quantitative estimate of drug-likeness (QED) is 0.831. The third-order valence-electron chi connectivity index (χ3n) is 4.88. The molecule has 3 unspecified atom stereocenters. The number of rotatable bonds is 2. The maximum Gasteiger partial charge on any atom is 0.115 e. The largest absolute Gasteiger partial charge is 0.508 e. The van der Waals surface area contributed by atoms with Crippen LogP contribution in [0.1, 0.15) is 49.1 Å². The molecule has 0 aliphatic heterocycles. The lowest BCUT2D eigenvalue weighted by Crippen LogP contribution is -2.20. The van der Waals surface area contributed by atoms with Gasteiger partial charge >= 0.3 is 0 Å². The van der Waals surface area contributed by atoms with Gasteiger partial charge in [0.15, 0.2) is 0 Å². The van der Waals surface area contributed by atoms with E-state index < -0.39 is 0 Å². The van der Waals surface area contributed by atoms with E-state index in [1.165, 1.54) is 24.0 Å². The molecule has 0 saturated heterocycles. The first-order valence-electron chi connectivity index (χ1n) is 7.71. The van der Waals surface area contributed by atoms with E-state index >= 15 is 0 Å². The first-order valence-corrected chi connectivity index (χ1v) is 7.71. The molecule has 0 heterocycles. The molecule has 2 aromatic rings. The Hall–Kier alpha value is -1.96. The lowest BCUT2D eigenvalue weighted by atomic mass is 9.70. The number of phenolic OH excluding ortho intramolecular Hbond substituents is 2. The smallest absolute Gasteiger partial charge is 0.115 e. The maximum absolute atomic E-state index is 9.45. The van der Waals surface area contributed by atoms with Gasteiger partial charge in [0.1, 0.15) is 11.5 Å². The maximum atomic E-state index is 9.45. The van der Waals surface area contributed by atoms with Crippen molar-refractivity contribution in [1.29, 1.82) is 0 Å². The van der Waals surface area contributed by atoms with Gasteiger partial charge < -0.3 is 10.2 Å². The molecule has 0 radical (unpaired) electrons. The number of hydrogen-bond acceptors (Lipinski definition) is 2. The summed E-state index contributed by atoms with van der Waals surface area (Å²) in [6.45, 7) is 2.32. The van der Waals surface area contributed by atoms with Crippen molar-refractivity contribution < 1.29 is 10.2 Å². The molecule has 21 heavy (non-hydrogen) atoms. The minimum absolute atomic E-state index is 0.331. The van der Waals surface area contributed by atoms with E-state index in [2.05, 4.69) is 19.1 Å². The first kappa shape index (κ1) is 14.0. The van der Waals surface area contributed by atoms with Crippen LogP contribution in [0.25, 0.3) is 0 Å². The number of phenols is 2. The lowest BCUT2D eigenvalue weighted by Gasteiger charge is -2.35. The summed E-state index contributed by atoms with van der Waals surface area (Å²) in [6.07, 6.45) is 3.56. The topological polar surface area (TPSA) is 40.5 Å². The van der Waals surface area contributed by atoms with Gasteiger partial charge in [-0.1, -0.05) is 31.2 Å². The highest BCUT2D eigenvalue weighted by molar-refractivity contribution is 5.32. The summed E-state index contributed by atoms with van der Waals surface area (Å²) >= 11 is 0. The molecule has 2 nitrogen and oxygen atoms in total. The van der Waals surface area contributed by atoms with Crippen LogP contribution in [0, 0.1) is 5.92 Å². The molecule has 1 saturated carbocycles. The second-order valence-electron chi connectivity index (χ2n) is 6.28. The molecule has 2 aromatic carbocycles. The molecular formula is C19H22O2. The van der Waals surface area contributed by atoms with E-state index in [0.29, 0.717) is 29.3 Å². The average molecular weight is 282 g/mol. The second-order valence-corrected chi connectivity index (χ2v) is 6.28. The SMILES string of the molecule is CC1CCC(c2ccc(O)cc2)CC1c1ccc(O)cc1. The highest BCUT2D eigenvalue weighted by Gasteiger charge is 2.29. The van der Waals surface area contributed by atoms with Crippen molar-refractivity contribution in [2.75, 3.05) is 0 Å². The lowest BCUT2D eigenvalue weighted by molar-refractivity contribution is 0.299. The molecular weight excluding hydrogens is 260 g/mol. The number of aromatic hydroxyl groups is 2. The minimum Gasteiger partial charge on any atom is -0.508 e. The van der Waals surface area contributed by atoms with Crippen molar-refractivity contribution in [2.24, 2.45) is 5.92 Å². The van der Waals surface area contributed by atoms with E-state index in [0.717, 1.165) is 6.42 Å². The molecule has 0 aromatic heterocycles. The number of benzene rings is 2. The summed E-state index contributed by atoms with van der Waals surface area (Å²) < 4.78 is 0. The fourth-order valence-electron chi connectivity index (χ4n) is 3.56. The Morgan fingerprint density at radius 3 is 1.86 bits per heavy atom. The molecule has 1 aliphatic carbocycles. The fourth-order valence-corrected chi connectivity index (χ4v) is 3.56. The Morgan fingerprint density at radius 2 is 1.29 bits per heavy atom. The highest BCUT2D eigenvalue weighted by Crippen LogP contribution is 2.44. The summed E-state index contributed by atoms with van der Waals surface area (Å²) in [7, 11) is 0. The molecule has 1 fully saturated rings. The van der Waals surface area contributed by atoms with Gasteiger partial charge in [0.25, 0.3) is 0 Å². The van der Waals surface area contributed by atoms with E-state index in [1.54, 1.807) is 24.3 Å². The van der Waals surface area contributed by atoms with Crippen LogP contribution in [-0.2, 0) is 0 Å². The van der Waals surface area contributed by atoms with Gasteiger partial charge in [0.05, 0.1) is 0 Å². The molecule has 2 heteroatoms. The van der Waals surface area contributed by atoms with Gasteiger partial charge in [0, 0.05) is 0 Å². The fraction of sp³-hybridized carbons (Fsp3) is 0.368. The zero-order chi connectivity index (χ0) is 14.8. The normalized spacial score (nSPS) is 25.7. The zero-order valence-electron chi connectivity index (χ0n) is 12.4. The van der Waals surface area contributed by atoms with Crippen LogP contribution in [0.3, 0.4) is 0 Å². The van der Waals surface area contributed by atoms with Crippen molar-refractivity contribution in [3.63, 3.8) is 0 Å². The van der Waals surface area contributed by atoms with Crippen molar-refractivity contribution >= 4 is 0 Å². The predicted octanol–water partition coefficient (Wildman–Crippen LogP) is 4.79. The van der Waals surface area contributed by atoms with Crippen LogP contribution in [0.15, 0.2) is 48.5 Å². The summed E-state index contributed by atoms with van der Waals surface area (Å²) in [6, 6.07) is 15.3. The van der Waals surface area contributed by atoms with Crippen LogP contribution in [0.5, 0.6) is 11.5 Å². The third-order valence-corrected chi connectivity index (χ3v) is 4.88. The molecule has 0 bridgehead atoms. The number of hydrogen-bond donors (Lipinski definition) is 2. The van der Waals surface area contributed by atoms with Crippen molar-refractivity contribution in [2.45, 2.75) is 38.0 Å². The minimum atomic E-state index is 0.331. The third kappa shape index (κ3) is 3.05. The summed E-state index contributed by atoms with van der Waals surface area (Å²) in [5.74, 6) is 2.43. The Morgan fingerprint density at radius 1 is 0.762 bits per heavy atom.